The number of hydrogen-bond donors (Lipinski definition) is 0. The molecule has 2 atom stereocenters. The molecule has 2 aromatic rings. The lowest BCUT2D eigenvalue weighted by Gasteiger charge is -2.30. The molecule has 1 fully saturated rings. The summed E-state index contributed by atoms with van der Waals surface area (Å²) in [7, 11) is -1.53. The number of nitrogens with zero attached hydrogens (tertiary/aromatic N) is 1. The molecule has 5 heteroatoms. The molecule has 23 heavy (non-hydrogen) atoms. The average Bonchev–Trinajstić information content (AvgIpc) is 2.51. The minimum atomic E-state index is -1.53. The molecule has 2 aromatic carbocycles. The predicted molar refractivity (Wildman–Crippen MR) is 90.6 cm³/mol. The second-order valence-corrected chi connectivity index (χ2v) is 7.17. The van der Waals surface area contributed by atoms with E-state index in [4.69, 9.17) is 0 Å². The Bertz CT molecular complexity index is 801. The summed E-state index contributed by atoms with van der Waals surface area (Å²) in [6.45, 7) is 3.91. The lowest BCUT2D eigenvalue weighted by molar-refractivity contribution is -0.125. The zero-order valence-electron chi connectivity index (χ0n) is 13.0. The Labute approximate surface area is 137 Å². The number of carbonyl (C=O) groups excluding carboxylic acids is 2. The topological polar surface area (TPSA) is 54.5 Å². The molecule has 0 N–H and O–H groups in total. The fraction of sp³-hybridized carbons (Fsp3) is 0.222. The molecule has 0 aromatic heterocycles. The minimum Gasteiger partial charge on any atom is -0.273 e. The molecule has 0 radical (unpaired) electrons. The number of amides is 2. The van der Waals surface area contributed by atoms with Gasteiger partial charge in [0.2, 0.25) is 5.91 Å². The Balaban J connectivity index is 2.03. The highest BCUT2D eigenvalue weighted by molar-refractivity contribution is 7.87. The van der Waals surface area contributed by atoms with E-state index in [-0.39, 0.29) is 5.75 Å². The molecule has 3 rings (SSSR count). The van der Waals surface area contributed by atoms with Crippen molar-refractivity contribution in [1.29, 1.82) is 0 Å². The monoisotopic (exact) mass is 327 g/mol. The van der Waals surface area contributed by atoms with Crippen LogP contribution in [-0.2, 0) is 20.4 Å². The maximum atomic E-state index is 12.9. The number of hydrogen-bond acceptors (Lipinski definition) is 3. The largest absolute Gasteiger partial charge is 0.273 e. The van der Waals surface area contributed by atoms with Gasteiger partial charge in [-0.05, 0) is 42.7 Å². The summed E-state index contributed by atoms with van der Waals surface area (Å²) in [5.74, 6) is -0.976. The third kappa shape index (κ3) is 2.84. The fourth-order valence-electron chi connectivity index (χ4n) is 2.68. The highest BCUT2D eigenvalue weighted by atomic mass is 32.2. The Hall–Kier alpha value is -2.27. The van der Waals surface area contributed by atoms with Crippen LogP contribution in [0.2, 0.25) is 0 Å². The van der Waals surface area contributed by atoms with Gasteiger partial charge in [-0.3, -0.25) is 13.8 Å². The minimum absolute atomic E-state index is 0.141. The van der Waals surface area contributed by atoms with E-state index in [1.807, 2.05) is 32.0 Å². The number of rotatable bonds is 2. The van der Waals surface area contributed by atoms with E-state index >= 15 is 0 Å². The molecule has 0 aliphatic carbocycles. The van der Waals surface area contributed by atoms with Crippen LogP contribution >= 0.6 is 0 Å². The molecule has 0 spiro atoms. The Morgan fingerprint density at radius 1 is 1.00 bits per heavy atom. The molecule has 1 heterocycles. The van der Waals surface area contributed by atoms with Crippen LogP contribution < -0.4 is 4.90 Å². The van der Waals surface area contributed by atoms with Crippen LogP contribution in [0.5, 0.6) is 0 Å². The maximum Gasteiger partial charge on any atom is 0.254 e. The molecule has 0 saturated carbocycles. The number of aryl methyl sites for hydroxylation is 2. The maximum absolute atomic E-state index is 12.9. The third-order valence-corrected chi connectivity index (χ3v) is 5.60. The fourth-order valence-corrected chi connectivity index (χ4v) is 4.01. The van der Waals surface area contributed by atoms with Crippen molar-refractivity contribution >= 4 is 28.3 Å². The highest BCUT2D eigenvalue weighted by Gasteiger charge is 2.41. The van der Waals surface area contributed by atoms with Crippen molar-refractivity contribution in [3.05, 3.63) is 65.2 Å². The second kappa shape index (κ2) is 6.08. The molecule has 1 aliphatic rings. The van der Waals surface area contributed by atoms with Gasteiger partial charge in [-0.2, -0.15) is 0 Å². The van der Waals surface area contributed by atoms with Crippen LogP contribution in [0.1, 0.15) is 21.9 Å². The first-order valence-corrected chi connectivity index (χ1v) is 8.73. The van der Waals surface area contributed by atoms with Crippen LogP contribution in [0.3, 0.4) is 0 Å². The normalized spacial score (nSPS) is 21.6. The van der Waals surface area contributed by atoms with Gasteiger partial charge < -0.3 is 0 Å². The SMILES string of the molecule is Cc1ccc(N2C(=O)C[S@](=O)[C@@H](c3ccccc3)C2=O)cc1C. The van der Waals surface area contributed by atoms with E-state index in [0.717, 1.165) is 11.1 Å². The molecule has 2 amide bonds. The summed E-state index contributed by atoms with van der Waals surface area (Å²) in [4.78, 5) is 26.3. The van der Waals surface area contributed by atoms with Crippen molar-refractivity contribution < 1.29 is 13.8 Å². The first kappa shape index (κ1) is 15.6. The summed E-state index contributed by atoms with van der Waals surface area (Å²) in [5.41, 5.74) is 3.32. The van der Waals surface area contributed by atoms with E-state index in [9.17, 15) is 13.8 Å². The number of benzene rings is 2. The number of imide groups is 1. The predicted octanol–water partition coefficient (Wildman–Crippen LogP) is 2.67. The van der Waals surface area contributed by atoms with Crippen molar-refractivity contribution in [2.75, 3.05) is 10.7 Å². The van der Waals surface area contributed by atoms with Crippen molar-refractivity contribution in [3.63, 3.8) is 0 Å². The molecule has 1 aliphatic heterocycles. The molecule has 0 unspecified atom stereocenters. The molecular formula is C18H17NO3S. The van der Waals surface area contributed by atoms with Gasteiger partial charge in [0.25, 0.3) is 5.91 Å². The van der Waals surface area contributed by atoms with E-state index in [2.05, 4.69) is 0 Å². The Kier molecular flexibility index (Phi) is 4.13. The van der Waals surface area contributed by atoms with Crippen molar-refractivity contribution in [1.82, 2.24) is 0 Å². The lowest BCUT2D eigenvalue weighted by atomic mass is 10.1. The smallest absolute Gasteiger partial charge is 0.254 e. The van der Waals surface area contributed by atoms with Crippen molar-refractivity contribution in [3.8, 4) is 0 Å². The van der Waals surface area contributed by atoms with Gasteiger partial charge in [-0.15, -0.1) is 0 Å². The van der Waals surface area contributed by atoms with Crippen LogP contribution in [-0.4, -0.2) is 21.8 Å². The van der Waals surface area contributed by atoms with Crippen molar-refractivity contribution in [2.24, 2.45) is 0 Å². The standard InChI is InChI=1S/C18H17NO3S/c1-12-8-9-15(10-13(12)2)19-16(20)11-23(22)17(18(19)21)14-6-4-3-5-7-14/h3-10,17H,11H2,1-2H3/t17-,23-/m0/s1. The Morgan fingerprint density at radius 3 is 2.35 bits per heavy atom. The zero-order valence-corrected chi connectivity index (χ0v) is 13.8. The van der Waals surface area contributed by atoms with Crippen LogP contribution in [0.15, 0.2) is 48.5 Å². The van der Waals surface area contributed by atoms with Gasteiger partial charge in [0.1, 0.15) is 11.0 Å². The van der Waals surface area contributed by atoms with E-state index in [1.54, 1.807) is 30.3 Å². The average molecular weight is 327 g/mol. The lowest BCUT2D eigenvalue weighted by Crippen LogP contribution is -2.49. The van der Waals surface area contributed by atoms with E-state index < -0.39 is 27.9 Å². The number of anilines is 1. The third-order valence-electron chi connectivity index (χ3n) is 4.07. The van der Waals surface area contributed by atoms with Gasteiger partial charge in [0.15, 0.2) is 0 Å². The molecule has 1 saturated heterocycles. The summed E-state index contributed by atoms with van der Waals surface area (Å²) in [6.07, 6.45) is 0. The van der Waals surface area contributed by atoms with Crippen molar-refractivity contribution in [2.45, 2.75) is 19.1 Å². The van der Waals surface area contributed by atoms with Crippen LogP contribution in [0.4, 0.5) is 5.69 Å². The van der Waals surface area contributed by atoms with Gasteiger partial charge in [-0.1, -0.05) is 36.4 Å². The van der Waals surface area contributed by atoms with Crippen LogP contribution in [0.25, 0.3) is 0 Å². The summed E-state index contributed by atoms with van der Waals surface area (Å²) in [5, 5.41) is -0.796. The molecule has 4 nitrogen and oxygen atoms in total. The summed E-state index contributed by atoms with van der Waals surface area (Å²) in [6, 6.07) is 14.5. The summed E-state index contributed by atoms with van der Waals surface area (Å²) >= 11 is 0. The van der Waals surface area contributed by atoms with Gasteiger partial charge >= 0.3 is 0 Å². The van der Waals surface area contributed by atoms with Gasteiger partial charge in [0, 0.05) is 10.8 Å². The Morgan fingerprint density at radius 2 is 1.70 bits per heavy atom. The van der Waals surface area contributed by atoms with Gasteiger partial charge in [0.05, 0.1) is 5.69 Å². The first-order valence-electron chi connectivity index (χ1n) is 7.35. The molecule has 0 bridgehead atoms. The van der Waals surface area contributed by atoms with Crippen LogP contribution in [0, 0.1) is 13.8 Å². The van der Waals surface area contributed by atoms with E-state index in [1.165, 1.54) is 4.90 Å². The quantitative estimate of drug-likeness (QED) is 0.797. The van der Waals surface area contributed by atoms with Gasteiger partial charge in [-0.25, -0.2) is 4.90 Å². The molecule has 118 valence electrons. The second-order valence-electron chi connectivity index (χ2n) is 5.65. The summed E-state index contributed by atoms with van der Waals surface area (Å²) < 4.78 is 12.4. The highest BCUT2D eigenvalue weighted by Crippen LogP contribution is 2.31. The van der Waals surface area contributed by atoms with E-state index in [0.29, 0.717) is 11.3 Å². The number of carbonyl (C=O) groups is 2. The zero-order chi connectivity index (χ0) is 16.6. The first-order chi connectivity index (χ1) is 11.0. The molecular weight excluding hydrogens is 310 g/mol.